The molecule has 1 aliphatic rings. The van der Waals surface area contributed by atoms with Crippen LogP contribution in [0.25, 0.3) is 0 Å². The van der Waals surface area contributed by atoms with E-state index in [1.165, 1.54) is 5.56 Å². The third kappa shape index (κ3) is 3.50. The average molecular weight is 264 g/mol. The number of nitrogens with zero attached hydrogens (tertiary/aromatic N) is 1. The topological polar surface area (TPSA) is 46.3 Å². The van der Waals surface area contributed by atoms with Gasteiger partial charge in [-0.25, -0.2) is 0 Å². The molecule has 3 nitrogen and oxygen atoms in total. The fourth-order valence-electron chi connectivity index (χ4n) is 2.12. The lowest BCUT2D eigenvalue weighted by Crippen LogP contribution is -2.31. The Hall–Kier alpha value is -1.00. The highest BCUT2D eigenvalue weighted by molar-refractivity contribution is 8.00. The summed E-state index contributed by atoms with van der Waals surface area (Å²) in [5.41, 5.74) is 6.88. The summed E-state index contributed by atoms with van der Waals surface area (Å²) in [6.45, 7) is 4.46. The molecule has 2 rings (SSSR count). The van der Waals surface area contributed by atoms with Crippen molar-refractivity contribution in [3.63, 3.8) is 0 Å². The summed E-state index contributed by atoms with van der Waals surface area (Å²) in [4.78, 5) is 15.1. The van der Waals surface area contributed by atoms with Crippen LogP contribution >= 0.6 is 11.8 Å². The van der Waals surface area contributed by atoms with Crippen LogP contribution in [0.15, 0.2) is 29.2 Å². The van der Waals surface area contributed by atoms with Crippen molar-refractivity contribution in [3.8, 4) is 0 Å². The molecule has 0 saturated carbocycles. The van der Waals surface area contributed by atoms with Gasteiger partial charge in [-0.3, -0.25) is 4.79 Å². The van der Waals surface area contributed by atoms with Gasteiger partial charge in [-0.05, 0) is 37.9 Å². The van der Waals surface area contributed by atoms with Crippen molar-refractivity contribution in [1.82, 2.24) is 4.90 Å². The Bertz CT molecular complexity index is 405. The van der Waals surface area contributed by atoms with Crippen LogP contribution in [0.2, 0.25) is 0 Å². The molecular formula is C14H20N2OS. The average Bonchev–Trinajstić information content (AvgIpc) is 2.86. The Morgan fingerprint density at radius 3 is 2.78 bits per heavy atom. The third-order valence-corrected chi connectivity index (χ3v) is 4.35. The summed E-state index contributed by atoms with van der Waals surface area (Å²) < 4.78 is 0. The van der Waals surface area contributed by atoms with E-state index >= 15 is 0 Å². The maximum atomic E-state index is 12.0. The van der Waals surface area contributed by atoms with E-state index in [1.54, 1.807) is 11.8 Å². The van der Waals surface area contributed by atoms with E-state index in [-0.39, 0.29) is 5.91 Å². The normalized spacial score (nSPS) is 19.2. The molecule has 0 radical (unpaired) electrons. The molecule has 98 valence electrons. The Kier molecular flexibility index (Phi) is 4.66. The molecule has 2 N–H and O–H groups in total. The highest BCUT2D eigenvalue weighted by Gasteiger charge is 2.24. The third-order valence-electron chi connectivity index (χ3n) is 3.36. The number of aryl methyl sites for hydroxylation is 1. The molecule has 1 aromatic carbocycles. The Balaban J connectivity index is 1.80. The number of amides is 1. The van der Waals surface area contributed by atoms with Gasteiger partial charge in [0.15, 0.2) is 0 Å². The van der Waals surface area contributed by atoms with E-state index in [2.05, 4.69) is 31.2 Å². The van der Waals surface area contributed by atoms with E-state index in [0.29, 0.717) is 18.2 Å². The van der Waals surface area contributed by atoms with Crippen LogP contribution in [0.3, 0.4) is 0 Å². The molecule has 0 spiro atoms. The molecule has 4 heteroatoms. The van der Waals surface area contributed by atoms with Crippen LogP contribution in [0.1, 0.15) is 12.0 Å². The number of nitrogens with two attached hydrogens (primary N) is 1. The Labute approximate surface area is 113 Å². The highest BCUT2D eigenvalue weighted by Crippen LogP contribution is 2.21. The largest absolute Gasteiger partial charge is 0.342 e. The molecule has 0 bridgehead atoms. The first-order valence-corrected chi connectivity index (χ1v) is 7.35. The molecule has 1 saturated heterocycles. The van der Waals surface area contributed by atoms with E-state index < -0.39 is 0 Å². The van der Waals surface area contributed by atoms with Gasteiger partial charge in [0.05, 0.1) is 5.75 Å². The van der Waals surface area contributed by atoms with Gasteiger partial charge in [0.25, 0.3) is 0 Å². The van der Waals surface area contributed by atoms with Gasteiger partial charge in [-0.2, -0.15) is 0 Å². The lowest BCUT2D eigenvalue weighted by atomic mass is 10.1. The number of thioether (sulfide) groups is 1. The zero-order valence-electron chi connectivity index (χ0n) is 10.8. The highest BCUT2D eigenvalue weighted by atomic mass is 32.2. The van der Waals surface area contributed by atoms with Crippen LogP contribution in [-0.2, 0) is 4.79 Å². The molecule has 18 heavy (non-hydrogen) atoms. The molecule has 1 unspecified atom stereocenters. The number of hydrogen-bond donors (Lipinski definition) is 1. The van der Waals surface area contributed by atoms with Crippen molar-refractivity contribution in [1.29, 1.82) is 0 Å². The molecule has 1 aromatic rings. The minimum Gasteiger partial charge on any atom is -0.342 e. The maximum absolute atomic E-state index is 12.0. The van der Waals surface area contributed by atoms with Crippen LogP contribution in [-0.4, -0.2) is 36.2 Å². The summed E-state index contributed by atoms with van der Waals surface area (Å²) in [6.07, 6.45) is 1.05. The Morgan fingerprint density at radius 1 is 1.44 bits per heavy atom. The summed E-state index contributed by atoms with van der Waals surface area (Å²) >= 11 is 1.61. The molecule has 1 atom stereocenters. The lowest BCUT2D eigenvalue weighted by Gasteiger charge is -2.15. The number of hydrogen-bond acceptors (Lipinski definition) is 3. The first kappa shape index (κ1) is 13.4. The predicted octanol–water partition coefficient (Wildman–Crippen LogP) is 1.89. The van der Waals surface area contributed by atoms with Crippen LogP contribution in [0.5, 0.6) is 0 Å². The van der Waals surface area contributed by atoms with Crippen molar-refractivity contribution >= 4 is 17.7 Å². The molecule has 1 amide bonds. The van der Waals surface area contributed by atoms with Crippen molar-refractivity contribution in [2.45, 2.75) is 18.2 Å². The van der Waals surface area contributed by atoms with Gasteiger partial charge in [-0.15, -0.1) is 11.8 Å². The van der Waals surface area contributed by atoms with Crippen LogP contribution < -0.4 is 5.73 Å². The molecule has 1 aliphatic heterocycles. The van der Waals surface area contributed by atoms with Crippen molar-refractivity contribution < 1.29 is 4.79 Å². The number of carbonyl (C=O) groups excluding carboxylic acids is 1. The number of carbonyl (C=O) groups is 1. The SMILES string of the molecule is Cc1ccc(SCC(=O)N2CCC(CN)C2)cc1. The second kappa shape index (κ2) is 6.25. The Morgan fingerprint density at radius 2 is 2.17 bits per heavy atom. The standard InChI is InChI=1S/C14H20N2OS/c1-11-2-4-13(5-3-11)18-10-14(17)16-7-6-12(8-15)9-16/h2-5,12H,6-10,15H2,1H3. The maximum Gasteiger partial charge on any atom is 0.232 e. The van der Waals surface area contributed by atoms with Crippen molar-refractivity contribution in [3.05, 3.63) is 29.8 Å². The number of benzene rings is 1. The first-order valence-electron chi connectivity index (χ1n) is 6.36. The lowest BCUT2D eigenvalue weighted by molar-refractivity contribution is -0.127. The number of rotatable bonds is 4. The van der Waals surface area contributed by atoms with E-state index in [1.807, 2.05) is 4.90 Å². The molecule has 1 fully saturated rings. The fourth-order valence-corrected chi connectivity index (χ4v) is 2.92. The van der Waals surface area contributed by atoms with Crippen molar-refractivity contribution in [2.75, 3.05) is 25.4 Å². The van der Waals surface area contributed by atoms with Crippen LogP contribution in [0.4, 0.5) is 0 Å². The monoisotopic (exact) mass is 264 g/mol. The summed E-state index contributed by atoms with van der Waals surface area (Å²) in [6, 6.07) is 8.29. The minimum atomic E-state index is 0.233. The summed E-state index contributed by atoms with van der Waals surface area (Å²) in [7, 11) is 0. The second-order valence-corrected chi connectivity index (χ2v) is 5.88. The molecular weight excluding hydrogens is 244 g/mol. The van der Waals surface area contributed by atoms with Gasteiger partial charge < -0.3 is 10.6 Å². The van der Waals surface area contributed by atoms with Gasteiger partial charge in [0.2, 0.25) is 5.91 Å². The summed E-state index contributed by atoms with van der Waals surface area (Å²) in [5.74, 6) is 1.26. The van der Waals surface area contributed by atoms with E-state index in [0.717, 1.165) is 24.4 Å². The number of likely N-dealkylation sites (tertiary alicyclic amines) is 1. The smallest absolute Gasteiger partial charge is 0.232 e. The molecule has 0 aliphatic carbocycles. The molecule has 1 heterocycles. The summed E-state index contributed by atoms with van der Waals surface area (Å²) in [5, 5.41) is 0. The first-order chi connectivity index (χ1) is 8.69. The van der Waals surface area contributed by atoms with Gasteiger partial charge >= 0.3 is 0 Å². The van der Waals surface area contributed by atoms with Gasteiger partial charge in [0.1, 0.15) is 0 Å². The van der Waals surface area contributed by atoms with Gasteiger partial charge in [0, 0.05) is 18.0 Å². The van der Waals surface area contributed by atoms with E-state index in [9.17, 15) is 4.79 Å². The quantitative estimate of drug-likeness (QED) is 0.845. The van der Waals surface area contributed by atoms with Crippen LogP contribution in [0, 0.1) is 12.8 Å². The zero-order valence-corrected chi connectivity index (χ0v) is 11.6. The zero-order chi connectivity index (χ0) is 13.0. The minimum absolute atomic E-state index is 0.233. The van der Waals surface area contributed by atoms with Gasteiger partial charge in [-0.1, -0.05) is 17.7 Å². The fraction of sp³-hybridized carbons (Fsp3) is 0.500. The molecule has 0 aromatic heterocycles. The second-order valence-electron chi connectivity index (χ2n) is 4.83. The van der Waals surface area contributed by atoms with Crippen molar-refractivity contribution in [2.24, 2.45) is 11.7 Å². The van der Waals surface area contributed by atoms with E-state index in [4.69, 9.17) is 5.73 Å². The predicted molar refractivity (Wildman–Crippen MR) is 75.6 cm³/mol.